The number of ether oxygens (including phenoxy) is 2. The summed E-state index contributed by atoms with van der Waals surface area (Å²) in [5, 5.41) is 13.0. The molecule has 0 bridgehead atoms. The highest BCUT2D eigenvalue weighted by Gasteiger charge is 2.15. The van der Waals surface area contributed by atoms with Crippen LogP contribution in [0.25, 0.3) is 0 Å². The first-order valence-electron chi connectivity index (χ1n) is 5.62. The Balaban J connectivity index is 2.41. The highest BCUT2D eigenvalue weighted by molar-refractivity contribution is 5.56. The number of nitrogen functional groups attached to an aromatic ring is 1. The van der Waals surface area contributed by atoms with Crippen molar-refractivity contribution in [2.45, 2.75) is 6.92 Å². The van der Waals surface area contributed by atoms with Crippen molar-refractivity contribution < 1.29 is 9.47 Å². The molecule has 2 N–H and O–H groups in total. The summed E-state index contributed by atoms with van der Waals surface area (Å²) in [4.78, 5) is 0. The van der Waals surface area contributed by atoms with Gasteiger partial charge < -0.3 is 15.2 Å². The quantitative estimate of drug-likeness (QED) is 0.909. The average molecular weight is 258 g/mol. The minimum Gasteiger partial charge on any atom is -0.493 e. The van der Waals surface area contributed by atoms with Gasteiger partial charge in [0.1, 0.15) is 5.69 Å². The van der Waals surface area contributed by atoms with E-state index in [-0.39, 0.29) is 0 Å². The summed E-state index contributed by atoms with van der Waals surface area (Å²) in [6.45, 7) is 1.80. The summed E-state index contributed by atoms with van der Waals surface area (Å²) in [7, 11) is 3.26. The van der Waals surface area contributed by atoms with E-state index in [4.69, 9.17) is 20.5 Å². The molecule has 0 unspecified atom stereocenters. The van der Waals surface area contributed by atoms with Gasteiger partial charge in [0, 0.05) is 13.1 Å². The van der Waals surface area contributed by atoms with Crippen LogP contribution in [0.5, 0.6) is 17.4 Å². The normalized spacial score (nSPS) is 10.0. The maximum absolute atomic E-state index is 8.85. The summed E-state index contributed by atoms with van der Waals surface area (Å²) in [6, 6.07) is 6.96. The third kappa shape index (κ3) is 2.31. The Hall–Kier alpha value is -2.68. The van der Waals surface area contributed by atoms with E-state index in [0.717, 1.165) is 0 Å². The van der Waals surface area contributed by atoms with Gasteiger partial charge in [-0.05, 0) is 19.1 Å². The molecular weight excluding hydrogens is 244 g/mol. The maximum atomic E-state index is 8.85. The van der Waals surface area contributed by atoms with Crippen molar-refractivity contribution in [2.75, 3.05) is 12.8 Å². The molecule has 2 aromatic rings. The largest absolute Gasteiger partial charge is 0.493 e. The van der Waals surface area contributed by atoms with Crippen molar-refractivity contribution in [1.82, 2.24) is 9.78 Å². The number of aryl methyl sites for hydroxylation is 2. The van der Waals surface area contributed by atoms with Gasteiger partial charge in [0.2, 0.25) is 5.88 Å². The Morgan fingerprint density at radius 3 is 2.63 bits per heavy atom. The maximum Gasteiger partial charge on any atom is 0.241 e. The Morgan fingerprint density at radius 1 is 1.37 bits per heavy atom. The number of anilines is 1. The summed E-state index contributed by atoms with van der Waals surface area (Å²) < 4.78 is 12.5. The van der Waals surface area contributed by atoms with Gasteiger partial charge >= 0.3 is 0 Å². The first-order valence-corrected chi connectivity index (χ1v) is 5.62. The summed E-state index contributed by atoms with van der Waals surface area (Å²) in [6.07, 6.45) is 0. The van der Waals surface area contributed by atoms with E-state index in [1.165, 1.54) is 7.11 Å². The summed E-state index contributed by atoms with van der Waals surface area (Å²) in [5.74, 6) is 1.40. The van der Waals surface area contributed by atoms with E-state index >= 15 is 0 Å². The number of nitriles is 1. The molecule has 98 valence electrons. The molecule has 2 rings (SSSR count). The first-order chi connectivity index (χ1) is 9.06. The third-order valence-electron chi connectivity index (χ3n) is 2.71. The molecule has 0 aliphatic carbocycles. The third-order valence-corrected chi connectivity index (χ3v) is 2.71. The summed E-state index contributed by atoms with van der Waals surface area (Å²) >= 11 is 0. The van der Waals surface area contributed by atoms with Gasteiger partial charge in [-0.1, -0.05) is 0 Å². The molecule has 1 aromatic carbocycles. The van der Waals surface area contributed by atoms with Gasteiger partial charge in [-0.25, -0.2) is 4.68 Å². The average Bonchev–Trinajstić information content (AvgIpc) is 2.65. The van der Waals surface area contributed by atoms with Crippen LogP contribution in [0, 0.1) is 18.3 Å². The monoisotopic (exact) mass is 258 g/mol. The van der Waals surface area contributed by atoms with Crippen LogP contribution in [-0.2, 0) is 7.05 Å². The zero-order valence-corrected chi connectivity index (χ0v) is 11.0. The lowest BCUT2D eigenvalue weighted by molar-refractivity contribution is 0.366. The van der Waals surface area contributed by atoms with Gasteiger partial charge in [-0.2, -0.15) is 10.4 Å². The topological polar surface area (TPSA) is 86.1 Å². The SMILES string of the molecule is COc1cc(C#N)ccc1Oc1c(N)c(C)nn1C. The number of hydrogen-bond donors (Lipinski definition) is 1. The fourth-order valence-corrected chi connectivity index (χ4v) is 1.70. The van der Waals surface area contributed by atoms with Crippen LogP contribution in [0.3, 0.4) is 0 Å². The van der Waals surface area contributed by atoms with Gasteiger partial charge in [0.15, 0.2) is 11.5 Å². The number of methoxy groups -OCH3 is 1. The Bertz CT molecular complexity index is 655. The minimum atomic E-state index is 0.445. The van der Waals surface area contributed by atoms with Gasteiger partial charge in [-0.3, -0.25) is 0 Å². The van der Waals surface area contributed by atoms with Crippen LogP contribution in [0.4, 0.5) is 5.69 Å². The lowest BCUT2D eigenvalue weighted by atomic mass is 10.2. The van der Waals surface area contributed by atoms with Crippen molar-refractivity contribution in [3.63, 3.8) is 0 Å². The van der Waals surface area contributed by atoms with Crippen LogP contribution < -0.4 is 15.2 Å². The van der Waals surface area contributed by atoms with Crippen molar-refractivity contribution in [1.29, 1.82) is 5.26 Å². The van der Waals surface area contributed by atoms with Crippen LogP contribution in [-0.4, -0.2) is 16.9 Å². The fraction of sp³-hybridized carbons (Fsp3) is 0.231. The predicted octanol–water partition coefficient (Wildman–Crippen LogP) is 1.98. The molecule has 0 fully saturated rings. The van der Waals surface area contributed by atoms with Gasteiger partial charge in [0.25, 0.3) is 0 Å². The molecule has 0 spiro atoms. The molecule has 0 atom stereocenters. The molecule has 6 nitrogen and oxygen atoms in total. The molecule has 0 amide bonds. The second-order valence-electron chi connectivity index (χ2n) is 4.01. The van der Waals surface area contributed by atoms with E-state index < -0.39 is 0 Å². The molecule has 19 heavy (non-hydrogen) atoms. The molecule has 0 radical (unpaired) electrons. The molecule has 0 aliphatic rings. The molecule has 0 aliphatic heterocycles. The predicted molar refractivity (Wildman–Crippen MR) is 70.1 cm³/mol. The molecule has 1 aromatic heterocycles. The van der Waals surface area contributed by atoms with E-state index in [0.29, 0.717) is 34.3 Å². The van der Waals surface area contributed by atoms with E-state index in [1.807, 2.05) is 6.07 Å². The molecule has 6 heteroatoms. The van der Waals surface area contributed by atoms with Crippen molar-refractivity contribution in [2.24, 2.45) is 7.05 Å². The zero-order chi connectivity index (χ0) is 14.0. The van der Waals surface area contributed by atoms with Crippen LogP contribution >= 0.6 is 0 Å². The number of benzene rings is 1. The molecule has 1 heterocycles. The number of hydrogen-bond acceptors (Lipinski definition) is 5. The number of aromatic nitrogens is 2. The lowest BCUT2D eigenvalue weighted by Crippen LogP contribution is -1.98. The standard InChI is InChI=1S/C13H14N4O2/c1-8-12(15)13(17(2)16-8)19-10-5-4-9(7-14)6-11(10)18-3/h4-6H,15H2,1-3H3. The smallest absolute Gasteiger partial charge is 0.241 e. The van der Waals surface area contributed by atoms with Crippen LogP contribution in [0.15, 0.2) is 18.2 Å². The second-order valence-corrected chi connectivity index (χ2v) is 4.01. The Kier molecular flexibility index (Phi) is 3.29. The van der Waals surface area contributed by atoms with E-state index in [1.54, 1.807) is 36.9 Å². The molecular formula is C13H14N4O2. The highest BCUT2D eigenvalue weighted by atomic mass is 16.5. The van der Waals surface area contributed by atoms with Crippen molar-refractivity contribution in [3.05, 3.63) is 29.5 Å². The van der Waals surface area contributed by atoms with Crippen LogP contribution in [0.2, 0.25) is 0 Å². The van der Waals surface area contributed by atoms with Crippen LogP contribution in [0.1, 0.15) is 11.3 Å². The van der Waals surface area contributed by atoms with Gasteiger partial charge in [-0.15, -0.1) is 0 Å². The van der Waals surface area contributed by atoms with Crippen molar-refractivity contribution in [3.8, 4) is 23.4 Å². The Labute approximate surface area is 111 Å². The fourth-order valence-electron chi connectivity index (χ4n) is 1.70. The number of rotatable bonds is 3. The summed E-state index contributed by atoms with van der Waals surface area (Å²) in [5.41, 5.74) is 7.58. The number of nitrogens with zero attached hydrogens (tertiary/aromatic N) is 3. The van der Waals surface area contributed by atoms with E-state index in [2.05, 4.69) is 5.10 Å². The van der Waals surface area contributed by atoms with E-state index in [9.17, 15) is 0 Å². The lowest BCUT2D eigenvalue weighted by Gasteiger charge is -2.10. The molecule has 0 saturated heterocycles. The first kappa shape index (κ1) is 12.8. The van der Waals surface area contributed by atoms with Gasteiger partial charge in [0.05, 0.1) is 24.4 Å². The second kappa shape index (κ2) is 4.90. The van der Waals surface area contributed by atoms with Crippen molar-refractivity contribution >= 4 is 5.69 Å². The highest BCUT2D eigenvalue weighted by Crippen LogP contribution is 2.35. The minimum absolute atomic E-state index is 0.445. The zero-order valence-electron chi connectivity index (χ0n) is 11.0. The molecule has 0 saturated carbocycles. The number of nitrogens with two attached hydrogens (primary N) is 1. The Morgan fingerprint density at radius 2 is 2.11 bits per heavy atom.